The molecule has 3 aromatic rings. The van der Waals surface area contributed by atoms with E-state index in [1.807, 2.05) is 31.2 Å². The topological polar surface area (TPSA) is 72.9 Å². The number of pyridine rings is 1. The van der Waals surface area contributed by atoms with Crippen LogP contribution < -0.4 is 19.5 Å². The number of amides is 1. The van der Waals surface area contributed by atoms with Crippen molar-refractivity contribution >= 4 is 22.5 Å². The Bertz CT molecular complexity index is 1240. The van der Waals surface area contributed by atoms with Gasteiger partial charge in [0.1, 0.15) is 18.5 Å². The molecular formula is C27H29N3O4. The average Bonchev–Trinajstić information content (AvgIpc) is 2.84. The Hall–Kier alpha value is -3.32. The molecular weight excluding hydrogens is 430 g/mol. The van der Waals surface area contributed by atoms with Gasteiger partial charge in [0.15, 0.2) is 18.1 Å². The maximum Gasteiger partial charge on any atom is 0.262 e. The van der Waals surface area contributed by atoms with Gasteiger partial charge in [-0.25, -0.2) is 0 Å². The number of hydrogen-bond donors (Lipinski definition) is 1. The lowest BCUT2D eigenvalue weighted by Gasteiger charge is -2.36. The molecule has 4 heterocycles. The molecule has 1 atom stereocenters. The number of likely N-dealkylation sites (tertiary alicyclic amines) is 1. The highest BCUT2D eigenvalue weighted by atomic mass is 16.6. The van der Waals surface area contributed by atoms with E-state index in [4.69, 9.17) is 14.2 Å². The molecule has 0 bridgehead atoms. The summed E-state index contributed by atoms with van der Waals surface area (Å²) in [4.78, 5) is 18.7. The van der Waals surface area contributed by atoms with Crippen molar-refractivity contribution in [2.24, 2.45) is 5.92 Å². The third kappa shape index (κ3) is 4.28. The zero-order chi connectivity index (χ0) is 23.1. The number of hydrogen-bond acceptors (Lipinski definition) is 6. The second-order valence-corrected chi connectivity index (χ2v) is 9.58. The number of aryl methyl sites for hydroxylation is 1. The fourth-order valence-electron chi connectivity index (χ4n) is 5.22. The molecule has 0 radical (unpaired) electrons. The van der Waals surface area contributed by atoms with Crippen molar-refractivity contribution in [3.05, 3.63) is 53.7 Å². The number of piperidine rings is 1. The number of rotatable bonds is 4. The van der Waals surface area contributed by atoms with Crippen LogP contribution in [0.2, 0.25) is 0 Å². The molecule has 1 N–H and O–H groups in total. The monoisotopic (exact) mass is 459 g/mol. The largest absolute Gasteiger partial charge is 0.486 e. The number of carbonyl (C=O) groups excluding carboxylic acids is 1. The first-order chi connectivity index (χ1) is 16.6. The summed E-state index contributed by atoms with van der Waals surface area (Å²) in [6, 6.07) is 14.2. The predicted octanol–water partition coefficient (Wildman–Crippen LogP) is 3.97. The van der Waals surface area contributed by atoms with Gasteiger partial charge in [0, 0.05) is 17.6 Å². The van der Waals surface area contributed by atoms with Crippen LogP contribution in [0.5, 0.6) is 17.2 Å². The Kier molecular flexibility index (Phi) is 5.49. The van der Waals surface area contributed by atoms with Gasteiger partial charge < -0.3 is 19.5 Å². The van der Waals surface area contributed by atoms with Crippen LogP contribution in [0.1, 0.15) is 24.1 Å². The number of aromatic nitrogens is 1. The number of carbonyl (C=O) groups is 1. The number of ether oxygens (including phenoxy) is 3. The molecule has 2 aromatic carbocycles. The first-order valence-corrected chi connectivity index (χ1v) is 12.1. The van der Waals surface area contributed by atoms with Crippen LogP contribution in [-0.4, -0.2) is 54.7 Å². The lowest BCUT2D eigenvalue weighted by Crippen LogP contribution is -2.44. The van der Waals surface area contributed by atoms with Crippen molar-refractivity contribution in [3.8, 4) is 17.2 Å². The number of anilines is 1. The smallest absolute Gasteiger partial charge is 0.262 e. The Labute approximate surface area is 199 Å². The van der Waals surface area contributed by atoms with Crippen molar-refractivity contribution < 1.29 is 19.0 Å². The van der Waals surface area contributed by atoms with Gasteiger partial charge in [0.25, 0.3) is 5.91 Å². The summed E-state index contributed by atoms with van der Waals surface area (Å²) in [5.41, 5.74) is 3.98. The summed E-state index contributed by atoms with van der Waals surface area (Å²) in [6.07, 6.45) is 3.33. The quantitative estimate of drug-likeness (QED) is 0.637. The fraction of sp³-hybridized carbons (Fsp3) is 0.407. The third-order valence-electron chi connectivity index (χ3n) is 7.00. The van der Waals surface area contributed by atoms with Crippen molar-refractivity contribution in [1.82, 2.24) is 9.88 Å². The van der Waals surface area contributed by atoms with Gasteiger partial charge in [-0.3, -0.25) is 14.7 Å². The Morgan fingerprint density at radius 1 is 1.06 bits per heavy atom. The fourth-order valence-corrected chi connectivity index (χ4v) is 5.22. The highest BCUT2D eigenvalue weighted by molar-refractivity contribution is 5.95. The Morgan fingerprint density at radius 3 is 2.79 bits per heavy atom. The SMILES string of the molecule is Cc1ccc2c3c(ccc2n1)OCC(CN1CCC(Cc2ccc4c(c2)NC(=O)CO4)CC1)O3. The molecule has 34 heavy (non-hydrogen) atoms. The Balaban J connectivity index is 1.05. The summed E-state index contributed by atoms with van der Waals surface area (Å²) in [6.45, 7) is 5.64. The normalized spacial score (nSPS) is 20.5. The molecule has 7 nitrogen and oxygen atoms in total. The van der Waals surface area contributed by atoms with Crippen molar-refractivity contribution in [1.29, 1.82) is 0 Å². The van der Waals surface area contributed by atoms with Crippen LogP contribution in [0.15, 0.2) is 42.5 Å². The van der Waals surface area contributed by atoms with E-state index in [2.05, 4.69) is 33.4 Å². The molecule has 3 aliphatic heterocycles. The first kappa shape index (κ1) is 21.2. The molecule has 6 rings (SSSR count). The third-order valence-corrected chi connectivity index (χ3v) is 7.00. The summed E-state index contributed by atoms with van der Waals surface area (Å²) in [5, 5.41) is 3.92. The summed E-state index contributed by atoms with van der Waals surface area (Å²) in [7, 11) is 0. The van der Waals surface area contributed by atoms with Gasteiger partial charge in [0.2, 0.25) is 0 Å². The molecule has 7 heteroatoms. The van der Waals surface area contributed by atoms with E-state index in [0.29, 0.717) is 12.5 Å². The number of benzene rings is 2. The van der Waals surface area contributed by atoms with E-state index in [1.54, 1.807) is 0 Å². The molecule has 0 saturated carbocycles. The lowest BCUT2D eigenvalue weighted by atomic mass is 9.90. The van der Waals surface area contributed by atoms with Gasteiger partial charge in [-0.2, -0.15) is 0 Å². The van der Waals surface area contributed by atoms with Gasteiger partial charge in [-0.1, -0.05) is 6.07 Å². The van der Waals surface area contributed by atoms with Gasteiger partial charge in [-0.15, -0.1) is 0 Å². The van der Waals surface area contributed by atoms with Crippen LogP contribution in [0.4, 0.5) is 5.69 Å². The summed E-state index contributed by atoms with van der Waals surface area (Å²) in [5.74, 6) is 2.93. The molecule has 3 aliphatic rings. The summed E-state index contributed by atoms with van der Waals surface area (Å²) >= 11 is 0. The van der Waals surface area contributed by atoms with Crippen LogP contribution in [-0.2, 0) is 11.2 Å². The molecule has 0 aliphatic carbocycles. The zero-order valence-corrected chi connectivity index (χ0v) is 19.4. The second-order valence-electron chi connectivity index (χ2n) is 9.58. The minimum absolute atomic E-state index is 0.0141. The molecule has 1 saturated heterocycles. The minimum atomic E-state index is -0.0890. The van der Waals surface area contributed by atoms with E-state index in [9.17, 15) is 4.79 Å². The van der Waals surface area contributed by atoms with E-state index < -0.39 is 0 Å². The van der Waals surface area contributed by atoms with Gasteiger partial charge in [-0.05, 0) is 87.2 Å². The summed E-state index contributed by atoms with van der Waals surface area (Å²) < 4.78 is 17.9. The number of fused-ring (bicyclic) bond motifs is 4. The van der Waals surface area contributed by atoms with Crippen LogP contribution >= 0.6 is 0 Å². The van der Waals surface area contributed by atoms with E-state index >= 15 is 0 Å². The Morgan fingerprint density at radius 2 is 1.91 bits per heavy atom. The number of nitrogens with zero attached hydrogens (tertiary/aromatic N) is 2. The minimum Gasteiger partial charge on any atom is -0.486 e. The average molecular weight is 460 g/mol. The molecule has 176 valence electrons. The first-order valence-electron chi connectivity index (χ1n) is 12.1. The lowest BCUT2D eigenvalue weighted by molar-refractivity contribution is -0.118. The molecule has 1 aromatic heterocycles. The maximum atomic E-state index is 11.6. The standard InChI is InChI=1S/C27H29N3O4/c1-17-2-4-21-22(28-17)5-7-25-27(21)34-20(15-32-25)14-30-10-8-18(9-11-30)12-19-3-6-24-23(13-19)29-26(31)16-33-24/h2-7,13,18,20H,8-12,14-16H2,1H3,(H,29,31). The van der Waals surface area contributed by atoms with E-state index in [1.165, 1.54) is 5.56 Å². The van der Waals surface area contributed by atoms with Crippen molar-refractivity contribution in [2.45, 2.75) is 32.3 Å². The molecule has 1 amide bonds. The van der Waals surface area contributed by atoms with E-state index in [0.717, 1.165) is 78.4 Å². The predicted molar refractivity (Wildman–Crippen MR) is 130 cm³/mol. The van der Waals surface area contributed by atoms with Crippen molar-refractivity contribution in [3.63, 3.8) is 0 Å². The molecule has 1 fully saturated rings. The second kappa shape index (κ2) is 8.80. The van der Waals surface area contributed by atoms with E-state index in [-0.39, 0.29) is 18.6 Å². The molecule has 0 spiro atoms. The highest BCUT2D eigenvalue weighted by Gasteiger charge is 2.28. The molecule has 1 unspecified atom stereocenters. The zero-order valence-electron chi connectivity index (χ0n) is 19.4. The van der Waals surface area contributed by atoms with Crippen LogP contribution in [0, 0.1) is 12.8 Å². The van der Waals surface area contributed by atoms with Gasteiger partial charge >= 0.3 is 0 Å². The highest BCUT2D eigenvalue weighted by Crippen LogP contribution is 2.38. The van der Waals surface area contributed by atoms with Crippen LogP contribution in [0.3, 0.4) is 0 Å². The van der Waals surface area contributed by atoms with Crippen LogP contribution in [0.25, 0.3) is 10.9 Å². The number of nitrogens with one attached hydrogen (secondary N) is 1. The van der Waals surface area contributed by atoms with Gasteiger partial charge in [0.05, 0.1) is 11.2 Å². The van der Waals surface area contributed by atoms with Crippen molar-refractivity contribution in [2.75, 3.05) is 38.2 Å². The maximum absolute atomic E-state index is 11.6.